The van der Waals surface area contributed by atoms with Gasteiger partial charge in [-0.3, -0.25) is 4.79 Å². The summed E-state index contributed by atoms with van der Waals surface area (Å²) in [5.41, 5.74) is 0. The van der Waals surface area contributed by atoms with Gasteiger partial charge < -0.3 is 5.11 Å². The second-order valence-electron chi connectivity index (χ2n) is 4.79. The monoisotopic (exact) mass is 306 g/mol. The Morgan fingerprint density at radius 1 is 1.00 bits per heavy atom. The molecule has 17 heavy (non-hydrogen) atoms. The molecule has 1 unspecified atom stereocenters. The summed E-state index contributed by atoms with van der Waals surface area (Å²) in [6.07, 6.45) is 12.5. The zero-order valence-electron chi connectivity index (χ0n) is 11.1. The minimum absolute atomic E-state index is 0.323. The Morgan fingerprint density at radius 2 is 1.53 bits per heavy atom. The molecule has 0 saturated heterocycles. The van der Waals surface area contributed by atoms with Crippen LogP contribution in [0, 0.1) is 0 Å². The number of hydrogen-bond donors (Lipinski definition) is 1. The number of unbranched alkanes of at least 4 members (excludes halogenated alkanes) is 6. The molecular weight excluding hydrogens is 280 g/mol. The van der Waals surface area contributed by atoms with Gasteiger partial charge in [0, 0.05) is 11.2 Å². The van der Waals surface area contributed by atoms with E-state index in [1.807, 2.05) is 0 Å². The lowest BCUT2D eigenvalue weighted by molar-refractivity contribution is -0.137. The van der Waals surface area contributed by atoms with Crippen LogP contribution in [0.2, 0.25) is 0 Å². The van der Waals surface area contributed by atoms with Crippen molar-refractivity contribution < 1.29 is 9.90 Å². The molecule has 0 saturated carbocycles. The predicted molar refractivity (Wildman–Crippen MR) is 76.8 cm³/mol. The van der Waals surface area contributed by atoms with Crippen LogP contribution < -0.4 is 0 Å². The Morgan fingerprint density at radius 3 is 2.06 bits per heavy atom. The lowest BCUT2D eigenvalue weighted by Gasteiger charge is -2.09. The average Bonchev–Trinajstić information content (AvgIpc) is 2.28. The fourth-order valence-electron chi connectivity index (χ4n) is 1.93. The highest BCUT2D eigenvalue weighted by Gasteiger charge is 2.04. The summed E-state index contributed by atoms with van der Waals surface area (Å²) in [6.45, 7) is 2.24. The van der Waals surface area contributed by atoms with E-state index in [-0.39, 0.29) is 0 Å². The van der Waals surface area contributed by atoms with Crippen molar-refractivity contribution in [1.82, 2.24) is 0 Å². The summed E-state index contributed by atoms with van der Waals surface area (Å²) in [7, 11) is 0. The van der Waals surface area contributed by atoms with Gasteiger partial charge in [0.15, 0.2) is 0 Å². The highest BCUT2D eigenvalue weighted by molar-refractivity contribution is 9.09. The van der Waals surface area contributed by atoms with Crippen molar-refractivity contribution in [2.24, 2.45) is 0 Å². The molecule has 0 bridgehead atoms. The summed E-state index contributed by atoms with van der Waals surface area (Å²) in [6, 6.07) is 0. The largest absolute Gasteiger partial charge is 0.481 e. The fraction of sp³-hybridized carbons (Fsp3) is 0.929. The van der Waals surface area contributed by atoms with E-state index in [2.05, 4.69) is 22.9 Å². The van der Waals surface area contributed by atoms with Crippen molar-refractivity contribution in [3.8, 4) is 0 Å². The van der Waals surface area contributed by atoms with Crippen LogP contribution in [0.15, 0.2) is 0 Å². The topological polar surface area (TPSA) is 37.3 Å². The number of carboxylic acids is 1. The first-order valence-corrected chi connectivity index (χ1v) is 7.94. The molecule has 0 heterocycles. The van der Waals surface area contributed by atoms with Gasteiger partial charge in [-0.05, 0) is 19.3 Å². The quantitative estimate of drug-likeness (QED) is 0.400. The van der Waals surface area contributed by atoms with Gasteiger partial charge in [0.25, 0.3) is 0 Å². The van der Waals surface area contributed by atoms with Crippen molar-refractivity contribution in [1.29, 1.82) is 0 Å². The molecule has 0 aliphatic rings. The second kappa shape index (κ2) is 12.4. The Balaban J connectivity index is 3.17. The zero-order chi connectivity index (χ0) is 12.9. The van der Waals surface area contributed by atoms with Crippen molar-refractivity contribution in [2.75, 3.05) is 0 Å². The van der Waals surface area contributed by atoms with Gasteiger partial charge >= 0.3 is 5.97 Å². The molecule has 0 fully saturated rings. The van der Waals surface area contributed by atoms with Gasteiger partial charge in [-0.15, -0.1) is 0 Å². The number of hydrogen-bond acceptors (Lipinski definition) is 1. The van der Waals surface area contributed by atoms with E-state index < -0.39 is 5.97 Å². The van der Waals surface area contributed by atoms with Crippen molar-refractivity contribution in [3.63, 3.8) is 0 Å². The molecule has 0 spiro atoms. The van der Waals surface area contributed by atoms with Gasteiger partial charge in [-0.2, -0.15) is 0 Å². The second-order valence-corrected chi connectivity index (χ2v) is 6.09. The molecule has 1 atom stereocenters. The van der Waals surface area contributed by atoms with Crippen LogP contribution in [-0.4, -0.2) is 15.9 Å². The van der Waals surface area contributed by atoms with Crippen LogP contribution in [0.25, 0.3) is 0 Å². The summed E-state index contributed by atoms with van der Waals surface area (Å²) in [5.74, 6) is -0.670. The number of aliphatic carboxylic acids is 1. The minimum Gasteiger partial charge on any atom is -0.481 e. The first-order chi connectivity index (χ1) is 8.16. The minimum atomic E-state index is -0.670. The van der Waals surface area contributed by atoms with Gasteiger partial charge in [0.2, 0.25) is 0 Å². The maximum atomic E-state index is 10.3. The summed E-state index contributed by atoms with van der Waals surface area (Å²) >= 11 is 3.71. The standard InChI is InChI=1S/C14H27BrO2/c1-2-3-4-5-7-10-13(15)11-8-6-9-12-14(16)17/h13H,2-12H2,1H3,(H,16,17). The van der Waals surface area contributed by atoms with Crippen LogP contribution >= 0.6 is 15.9 Å². The van der Waals surface area contributed by atoms with Crippen LogP contribution in [0.3, 0.4) is 0 Å². The third kappa shape index (κ3) is 13.9. The number of rotatable bonds is 12. The molecule has 3 heteroatoms. The highest BCUT2D eigenvalue weighted by Crippen LogP contribution is 2.18. The Kier molecular flexibility index (Phi) is 12.4. The third-order valence-electron chi connectivity index (χ3n) is 3.03. The number of halogens is 1. The van der Waals surface area contributed by atoms with E-state index in [0.717, 1.165) is 19.3 Å². The number of carboxylic acid groups (broad SMARTS) is 1. The number of alkyl halides is 1. The van der Waals surface area contributed by atoms with Gasteiger partial charge in [0.1, 0.15) is 0 Å². The van der Waals surface area contributed by atoms with Crippen molar-refractivity contribution in [3.05, 3.63) is 0 Å². The Bertz CT molecular complexity index is 183. The van der Waals surface area contributed by atoms with Crippen LogP contribution in [0.5, 0.6) is 0 Å². The molecule has 0 amide bonds. The maximum Gasteiger partial charge on any atom is 0.303 e. The molecular formula is C14H27BrO2. The van der Waals surface area contributed by atoms with Gasteiger partial charge in [-0.25, -0.2) is 0 Å². The highest BCUT2D eigenvalue weighted by atomic mass is 79.9. The molecule has 2 nitrogen and oxygen atoms in total. The lowest BCUT2D eigenvalue weighted by Crippen LogP contribution is -1.99. The molecule has 0 aliphatic carbocycles. The molecule has 0 radical (unpaired) electrons. The van der Waals surface area contributed by atoms with Crippen LogP contribution in [0.4, 0.5) is 0 Å². The Labute approximate surface area is 114 Å². The Hall–Kier alpha value is -0.0500. The normalized spacial score (nSPS) is 12.6. The van der Waals surface area contributed by atoms with Crippen LogP contribution in [-0.2, 0) is 4.79 Å². The molecule has 0 rings (SSSR count). The number of carbonyl (C=O) groups is 1. The van der Waals surface area contributed by atoms with E-state index in [9.17, 15) is 4.79 Å². The van der Waals surface area contributed by atoms with Crippen molar-refractivity contribution in [2.45, 2.75) is 82.4 Å². The predicted octanol–water partition coefficient (Wildman–Crippen LogP) is 5.15. The first kappa shape index (κ1) is 16.9. The first-order valence-electron chi connectivity index (χ1n) is 7.02. The lowest BCUT2D eigenvalue weighted by atomic mass is 10.1. The third-order valence-corrected chi connectivity index (χ3v) is 3.94. The van der Waals surface area contributed by atoms with E-state index in [0.29, 0.717) is 11.2 Å². The smallest absolute Gasteiger partial charge is 0.303 e. The molecule has 0 aromatic rings. The van der Waals surface area contributed by atoms with Gasteiger partial charge in [-0.1, -0.05) is 67.8 Å². The van der Waals surface area contributed by atoms with Gasteiger partial charge in [0.05, 0.1) is 0 Å². The van der Waals surface area contributed by atoms with Crippen LogP contribution in [0.1, 0.15) is 77.6 Å². The molecule has 0 aromatic carbocycles. The summed E-state index contributed by atoms with van der Waals surface area (Å²) in [4.78, 5) is 10.9. The summed E-state index contributed by atoms with van der Waals surface area (Å²) in [5, 5.41) is 8.50. The fourth-order valence-corrected chi connectivity index (χ4v) is 2.58. The van der Waals surface area contributed by atoms with Crippen molar-refractivity contribution >= 4 is 21.9 Å². The van der Waals surface area contributed by atoms with E-state index in [1.54, 1.807) is 0 Å². The van der Waals surface area contributed by atoms with E-state index in [4.69, 9.17) is 5.11 Å². The molecule has 1 N–H and O–H groups in total. The molecule has 102 valence electrons. The average molecular weight is 307 g/mol. The molecule has 0 aromatic heterocycles. The maximum absolute atomic E-state index is 10.3. The van der Waals surface area contributed by atoms with E-state index >= 15 is 0 Å². The zero-order valence-corrected chi connectivity index (χ0v) is 12.7. The van der Waals surface area contributed by atoms with E-state index in [1.165, 1.54) is 44.9 Å². The summed E-state index contributed by atoms with van der Waals surface area (Å²) < 4.78 is 0. The molecule has 0 aliphatic heterocycles. The SMILES string of the molecule is CCCCCCCC(Br)CCCCCC(=O)O.